The quantitative estimate of drug-likeness (QED) is 0.569. The fraction of sp³-hybridized carbons (Fsp3) is 0.429. The Morgan fingerprint density at radius 2 is 1.90 bits per heavy atom. The van der Waals surface area contributed by atoms with Gasteiger partial charge in [-0.25, -0.2) is 0 Å². The van der Waals surface area contributed by atoms with E-state index in [0.29, 0.717) is 25.3 Å². The Hall–Kier alpha value is -1.92. The van der Waals surface area contributed by atoms with Gasteiger partial charge in [0.25, 0.3) is 5.91 Å². The molecule has 2 amide bonds. The highest BCUT2D eigenvalue weighted by atomic mass is 16.5. The number of nitrogens with two attached hydrogens (primary N) is 1. The number of ether oxygens (including phenoxy) is 1. The largest absolute Gasteiger partial charge is 0.383 e. The molecule has 4 N–H and O–H groups in total. The van der Waals surface area contributed by atoms with Crippen LogP contribution >= 0.6 is 0 Å². The fourth-order valence-corrected chi connectivity index (χ4v) is 1.61. The summed E-state index contributed by atoms with van der Waals surface area (Å²) < 4.78 is 4.81. The molecule has 1 rings (SSSR count). The molecule has 0 aliphatic carbocycles. The van der Waals surface area contributed by atoms with E-state index in [-0.39, 0.29) is 18.4 Å². The number of nitrogens with one attached hydrogen (secondary N) is 2. The summed E-state index contributed by atoms with van der Waals surface area (Å²) in [5, 5.41) is 5.18. The zero-order valence-electron chi connectivity index (χ0n) is 11.6. The number of carbonyl (C=O) groups excluding carboxylic acids is 2. The molecule has 0 fully saturated rings. The second-order valence-corrected chi connectivity index (χ2v) is 4.26. The minimum atomic E-state index is -0.272. The average molecular weight is 279 g/mol. The zero-order valence-corrected chi connectivity index (χ0v) is 11.6. The van der Waals surface area contributed by atoms with Gasteiger partial charge in [0, 0.05) is 19.2 Å². The molecule has 0 saturated carbocycles. The van der Waals surface area contributed by atoms with Crippen molar-refractivity contribution < 1.29 is 14.3 Å². The van der Waals surface area contributed by atoms with Crippen LogP contribution < -0.4 is 16.4 Å². The molecule has 0 aliphatic heterocycles. The molecule has 6 nitrogen and oxygen atoms in total. The Kier molecular flexibility index (Phi) is 7.31. The third kappa shape index (κ3) is 5.81. The number of amides is 2. The monoisotopic (exact) mass is 279 g/mol. The van der Waals surface area contributed by atoms with Gasteiger partial charge in [0.15, 0.2) is 0 Å². The summed E-state index contributed by atoms with van der Waals surface area (Å²) in [7, 11) is 1.56. The maximum Gasteiger partial charge on any atom is 0.251 e. The minimum absolute atomic E-state index is 0.0485. The highest BCUT2D eigenvalue weighted by molar-refractivity contribution is 5.96. The lowest BCUT2D eigenvalue weighted by Gasteiger charge is -2.07. The maximum atomic E-state index is 11.8. The zero-order chi connectivity index (χ0) is 14.8. The molecule has 1 aromatic carbocycles. The summed E-state index contributed by atoms with van der Waals surface area (Å²) in [6.45, 7) is 1.40. The standard InChI is InChI=1S/C14H21N3O3/c1-20-9-8-16-13(18)10-17-14(19)12-4-2-11(3-5-12)6-7-15/h2-5H,6-10,15H2,1H3,(H,16,18)(H,17,19). The number of hydrogen-bond donors (Lipinski definition) is 3. The molecule has 0 spiro atoms. The van der Waals surface area contributed by atoms with Crippen molar-refractivity contribution in [2.75, 3.05) is 33.4 Å². The van der Waals surface area contributed by atoms with Crippen LogP contribution in [0.2, 0.25) is 0 Å². The highest BCUT2D eigenvalue weighted by Crippen LogP contribution is 2.04. The smallest absolute Gasteiger partial charge is 0.251 e. The van der Waals surface area contributed by atoms with Gasteiger partial charge in [-0.05, 0) is 30.7 Å². The fourth-order valence-electron chi connectivity index (χ4n) is 1.61. The van der Waals surface area contributed by atoms with E-state index in [1.807, 2.05) is 12.1 Å². The van der Waals surface area contributed by atoms with E-state index in [1.54, 1.807) is 19.2 Å². The van der Waals surface area contributed by atoms with Gasteiger partial charge in [-0.1, -0.05) is 12.1 Å². The van der Waals surface area contributed by atoms with E-state index in [9.17, 15) is 9.59 Å². The van der Waals surface area contributed by atoms with Crippen molar-refractivity contribution in [3.63, 3.8) is 0 Å². The number of methoxy groups -OCH3 is 1. The first-order chi connectivity index (χ1) is 9.67. The van der Waals surface area contributed by atoms with Crippen molar-refractivity contribution in [1.29, 1.82) is 0 Å². The Bertz CT molecular complexity index is 432. The topological polar surface area (TPSA) is 93.5 Å². The van der Waals surface area contributed by atoms with Crippen molar-refractivity contribution in [2.45, 2.75) is 6.42 Å². The summed E-state index contributed by atoms with van der Waals surface area (Å²) in [5.41, 5.74) is 7.06. The second-order valence-electron chi connectivity index (χ2n) is 4.26. The molecule has 0 atom stereocenters. The van der Waals surface area contributed by atoms with Gasteiger partial charge >= 0.3 is 0 Å². The Morgan fingerprint density at radius 3 is 2.50 bits per heavy atom. The van der Waals surface area contributed by atoms with Crippen LogP contribution in [0.3, 0.4) is 0 Å². The second kappa shape index (κ2) is 9.06. The van der Waals surface area contributed by atoms with E-state index in [4.69, 9.17) is 10.5 Å². The van der Waals surface area contributed by atoms with Crippen molar-refractivity contribution in [2.24, 2.45) is 5.73 Å². The lowest BCUT2D eigenvalue weighted by molar-refractivity contribution is -0.120. The first kappa shape index (κ1) is 16.1. The number of carbonyl (C=O) groups is 2. The molecule has 0 heterocycles. The Balaban J connectivity index is 2.36. The van der Waals surface area contributed by atoms with Crippen LogP contribution in [-0.2, 0) is 16.0 Å². The molecular weight excluding hydrogens is 258 g/mol. The van der Waals surface area contributed by atoms with Crippen LogP contribution in [0.4, 0.5) is 0 Å². The van der Waals surface area contributed by atoms with Gasteiger partial charge < -0.3 is 21.1 Å². The summed E-state index contributed by atoms with van der Waals surface area (Å²) in [6.07, 6.45) is 0.782. The van der Waals surface area contributed by atoms with Crippen LogP contribution in [0.1, 0.15) is 15.9 Å². The SMILES string of the molecule is COCCNC(=O)CNC(=O)c1ccc(CCN)cc1. The van der Waals surface area contributed by atoms with Gasteiger partial charge in [0.2, 0.25) is 5.91 Å². The van der Waals surface area contributed by atoms with Gasteiger partial charge in [-0.15, -0.1) is 0 Å². The molecule has 110 valence electrons. The molecule has 20 heavy (non-hydrogen) atoms. The average Bonchev–Trinajstić information content (AvgIpc) is 2.46. The Morgan fingerprint density at radius 1 is 1.20 bits per heavy atom. The predicted molar refractivity (Wildman–Crippen MR) is 76.4 cm³/mol. The van der Waals surface area contributed by atoms with Crippen LogP contribution in [0.15, 0.2) is 24.3 Å². The summed E-state index contributed by atoms with van der Waals surface area (Å²) in [4.78, 5) is 23.2. The van der Waals surface area contributed by atoms with E-state index in [2.05, 4.69) is 10.6 Å². The molecule has 6 heteroatoms. The van der Waals surface area contributed by atoms with E-state index >= 15 is 0 Å². The van der Waals surface area contributed by atoms with Gasteiger partial charge in [0.05, 0.1) is 13.2 Å². The molecule has 0 saturated heterocycles. The third-order valence-electron chi connectivity index (χ3n) is 2.69. The summed E-state index contributed by atoms with van der Waals surface area (Å²) >= 11 is 0. The normalized spacial score (nSPS) is 10.1. The highest BCUT2D eigenvalue weighted by Gasteiger charge is 2.07. The van der Waals surface area contributed by atoms with E-state index in [0.717, 1.165) is 12.0 Å². The Labute approximate surface area is 118 Å². The molecule has 0 bridgehead atoms. The van der Waals surface area contributed by atoms with Gasteiger partial charge in [-0.2, -0.15) is 0 Å². The summed E-state index contributed by atoms with van der Waals surface area (Å²) in [5.74, 6) is -0.513. The van der Waals surface area contributed by atoms with Crippen LogP contribution in [0, 0.1) is 0 Å². The molecule has 0 aliphatic rings. The lowest BCUT2D eigenvalue weighted by atomic mass is 10.1. The lowest BCUT2D eigenvalue weighted by Crippen LogP contribution is -2.38. The van der Waals surface area contributed by atoms with E-state index in [1.165, 1.54) is 0 Å². The predicted octanol–water partition coefficient (Wildman–Crippen LogP) is -0.320. The van der Waals surface area contributed by atoms with Crippen molar-refractivity contribution in [3.8, 4) is 0 Å². The van der Waals surface area contributed by atoms with Crippen molar-refractivity contribution >= 4 is 11.8 Å². The van der Waals surface area contributed by atoms with Crippen molar-refractivity contribution in [1.82, 2.24) is 10.6 Å². The van der Waals surface area contributed by atoms with Crippen molar-refractivity contribution in [3.05, 3.63) is 35.4 Å². The number of benzene rings is 1. The van der Waals surface area contributed by atoms with Crippen LogP contribution in [0.5, 0.6) is 0 Å². The number of hydrogen-bond acceptors (Lipinski definition) is 4. The van der Waals surface area contributed by atoms with Gasteiger partial charge in [0.1, 0.15) is 0 Å². The third-order valence-corrected chi connectivity index (χ3v) is 2.69. The minimum Gasteiger partial charge on any atom is -0.383 e. The first-order valence-electron chi connectivity index (χ1n) is 6.50. The molecule has 0 aromatic heterocycles. The van der Waals surface area contributed by atoms with Crippen LogP contribution in [0.25, 0.3) is 0 Å². The first-order valence-corrected chi connectivity index (χ1v) is 6.50. The van der Waals surface area contributed by atoms with Crippen LogP contribution in [-0.4, -0.2) is 45.2 Å². The molecule has 0 unspecified atom stereocenters. The maximum absolute atomic E-state index is 11.8. The molecule has 1 aromatic rings. The summed E-state index contributed by atoms with van der Waals surface area (Å²) in [6, 6.07) is 7.17. The van der Waals surface area contributed by atoms with Gasteiger partial charge in [-0.3, -0.25) is 9.59 Å². The van der Waals surface area contributed by atoms with E-state index < -0.39 is 0 Å². The molecule has 0 radical (unpaired) electrons. The number of rotatable bonds is 8. The molecular formula is C14H21N3O3.